The molecule has 0 radical (unpaired) electrons. The number of nitrogen functional groups attached to an aromatic ring is 1. The van der Waals surface area contributed by atoms with Crippen LogP contribution in [-0.2, 0) is 0 Å². The summed E-state index contributed by atoms with van der Waals surface area (Å²) in [6.45, 7) is 0. The first-order valence-corrected chi connectivity index (χ1v) is 6.91. The van der Waals surface area contributed by atoms with Crippen molar-refractivity contribution in [2.75, 3.05) is 5.73 Å². The molecule has 3 rings (SSSR count). The summed E-state index contributed by atoms with van der Waals surface area (Å²) in [7, 11) is 0. The Morgan fingerprint density at radius 3 is 2.74 bits per heavy atom. The molecule has 0 saturated carbocycles. The minimum atomic E-state index is -0.481. The Bertz CT molecular complexity index is 785. The molecule has 0 aliphatic heterocycles. The normalized spacial score (nSPS) is 11.1. The molecule has 0 aliphatic rings. The van der Waals surface area contributed by atoms with E-state index in [0.29, 0.717) is 11.6 Å². The third-order valence-electron chi connectivity index (χ3n) is 2.80. The molecule has 0 amide bonds. The number of aromatic nitrogens is 2. The van der Waals surface area contributed by atoms with Gasteiger partial charge in [0.05, 0.1) is 21.7 Å². The molecule has 1 aromatic heterocycles. The van der Waals surface area contributed by atoms with Crippen molar-refractivity contribution in [3.8, 4) is 5.69 Å². The van der Waals surface area contributed by atoms with E-state index in [2.05, 4.69) is 27.6 Å². The highest BCUT2D eigenvalue weighted by atomic mass is 127. The van der Waals surface area contributed by atoms with Crippen LogP contribution >= 0.6 is 34.2 Å². The molecule has 2 aromatic carbocycles. The van der Waals surface area contributed by atoms with Gasteiger partial charge in [-0.15, -0.1) is 0 Å². The largest absolute Gasteiger partial charge is 0.369 e. The summed E-state index contributed by atoms with van der Waals surface area (Å²) in [5.41, 5.74) is 8.13. The van der Waals surface area contributed by atoms with Crippen LogP contribution in [0.5, 0.6) is 0 Å². The minimum absolute atomic E-state index is 0.0845. The van der Waals surface area contributed by atoms with Gasteiger partial charge in [-0.2, -0.15) is 0 Å². The number of rotatable bonds is 1. The molecule has 1 heterocycles. The monoisotopic (exact) mass is 387 g/mol. The molecule has 0 bridgehead atoms. The van der Waals surface area contributed by atoms with E-state index in [1.165, 1.54) is 12.1 Å². The van der Waals surface area contributed by atoms with E-state index in [1.807, 2.05) is 18.2 Å². The van der Waals surface area contributed by atoms with Crippen LogP contribution in [-0.4, -0.2) is 9.55 Å². The fraction of sp³-hybridized carbons (Fsp3) is 0. The van der Waals surface area contributed by atoms with Crippen LogP contribution in [0.25, 0.3) is 16.7 Å². The van der Waals surface area contributed by atoms with Gasteiger partial charge in [0, 0.05) is 3.57 Å². The Kier molecular flexibility index (Phi) is 3.10. The van der Waals surface area contributed by atoms with E-state index in [1.54, 1.807) is 10.6 Å². The highest BCUT2D eigenvalue weighted by Gasteiger charge is 2.11. The third kappa shape index (κ3) is 2.17. The topological polar surface area (TPSA) is 43.8 Å². The molecule has 0 unspecified atom stereocenters. The van der Waals surface area contributed by atoms with Crippen LogP contribution < -0.4 is 5.73 Å². The summed E-state index contributed by atoms with van der Waals surface area (Å²) >= 11 is 7.89. The Morgan fingerprint density at radius 2 is 2.00 bits per heavy atom. The molecular weight excluding hydrogens is 380 g/mol. The molecule has 19 heavy (non-hydrogen) atoms. The average molecular weight is 388 g/mol. The fourth-order valence-electron chi connectivity index (χ4n) is 1.97. The third-order valence-corrected chi connectivity index (χ3v) is 3.78. The number of fused-ring (bicyclic) bond motifs is 1. The maximum Gasteiger partial charge on any atom is 0.205 e. The van der Waals surface area contributed by atoms with Crippen LogP contribution in [0.1, 0.15) is 0 Å². The second-order valence-corrected chi connectivity index (χ2v) is 5.69. The zero-order chi connectivity index (χ0) is 13.6. The van der Waals surface area contributed by atoms with Crippen LogP contribution in [0.15, 0.2) is 36.4 Å². The summed E-state index contributed by atoms with van der Waals surface area (Å²) in [6, 6.07) is 10.3. The molecule has 3 aromatic rings. The number of halogens is 3. The molecular formula is C13H8ClFIN3. The standard InChI is InChI=1S/C13H8ClFIN3/c14-9-3-2-8(6-10(9)15)19-12-4-1-7(16)5-11(12)18-13(19)17/h1-6H,(H2,17,18). The number of nitrogens with two attached hydrogens (primary N) is 1. The van der Waals surface area contributed by atoms with E-state index >= 15 is 0 Å². The van der Waals surface area contributed by atoms with Crippen LogP contribution in [0.3, 0.4) is 0 Å². The van der Waals surface area contributed by atoms with Crippen LogP contribution in [0.4, 0.5) is 10.3 Å². The van der Waals surface area contributed by atoms with Crippen molar-refractivity contribution in [2.45, 2.75) is 0 Å². The number of imidazole rings is 1. The van der Waals surface area contributed by atoms with Crippen molar-refractivity contribution in [3.05, 3.63) is 50.8 Å². The van der Waals surface area contributed by atoms with Gasteiger partial charge in [0.15, 0.2) is 0 Å². The summed E-state index contributed by atoms with van der Waals surface area (Å²) in [6.07, 6.45) is 0. The van der Waals surface area contributed by atoms with Gasteiger partial charge in [-0.1, -0.05) is 11.6 Å². The molecule has 0 saturated heterocycles. The number of anilines is 1. The predicted octanol–water partition coefficient (Wildman–Crippen LogP) is 4.00. The Morgan fingerprint density at radius 1 is 1.21 bits per heavy atom. The van der Waals surface area contributed by atoms with Gasteiger partial charge in [-0.3, -0.25) is 4.57 Å². The van der Waals surface area contributed by atoms with Crippen LogP contribution in [0.2, 0.25) is 5.02 Å². The molecule has 2 N–H and O–H groups in total. The van der Waals surface area contributed by atoms with E-state index in [0.717, 1.165) is 14.6 Å². The lowest BCUT2D eigenvalue weighted by Crippen LogP contribution is -2.01. The number of hydrogen-bond donors (Lipinski definition) is 1. The number of benzene rings is 2. The number of hydrogen-bond acceptors (Lipinski definition) is 2. The van der Waals surface area contributed by atoms with E-state index in [-0.39, 0.29) is 5.02 Å². The second-order valence-electron chi connectivity index (χ2n) is 4.04. The van der Waals surface area contributed by atoms with Gasteiger partial charge in [-0.25, -0.2) is 9.37 Å². The van der Waals surface area contributed by atoms with Crippen molar-refractivity contribution in [2.24, 2.45) is 0 Å². The predicted molar refractivity (Wildman–Crippen MR) is 83.2 cm³/mol. The molecule has 3 nitrogen and oxygen atoms in total. The first-order chi connectivity index (χ1) is 9.06. The summed E-state index contributed by atoms with van der Waals surface area (Å²) in [4.78, 5) is 4.28. The van der Waals surface area contributed by atoms with Crippen molar-refractivity contribution in [1.82, 2.24) is 9.55 Å². The SMILES string of the molecule is Nc1nc2cc(I)ccc2n1-c1ccc(Cl)c(F)c1. The van der Waals surface area contributed by atoms with Gasteiger partial charge >= 0.3 is 0 Å². The van der Waals surface area contributed by atoms with Gasteiger partial charge in [0.1, 0.15) is 5.82 Å². The highest BCUT2D eigenvalue weighted by molar-refractivity contribution is 14.1. The first kappa shape index (κ1) is 12.7. The molecule has 0 aliphatic carbocycles. The fourth-order valence-corrected chi connectivity index (χ4v) is 2.56. The summed E-state index contributed by atoms with van der Waals surface area (Å²) in [5, 5.41) is 0.0845. The Balaban J connectivity index is 2.29. The summed E-state index contributed by atoms with van der Waals surface area (Å²) in [5.74, 6) is -0.162. The lowest BCUT2D eigenvalue weighted by Gasteiger charge is -2.07. The highest BCUT2D eigenvalue weighted by Crippen LogP contribution is 2.26. The molecule has 0 atom stereocenters. The Hall–Kier alpha value is -1.34. The van der Waals surface area contributed by atoms with E-state index in [4.69, 9.17) is 17.3 Å². The molecule has 0 fully saturated rings. The number of nitrogens with zero attached hydrogens (tertiary/aromatic N) is 2. The van der Waals surface area contributed by atoms with Crippen molar-refractivity contribution in [1.29, 1.82) is 0 Å². The smallest absolute Gasteiger partial charge is 0.205 e. The summed E-state index contributed by atoms with van der Waals surface area (Å²) < 4.78 is 16.3. The van der Waals surface area contributed by atoms with E-state index in [9.17, 15) is 4.39 Å². The maximum absolute atomic E-state index is 13.6. The van der Waals surface area contributed by atoms with Gasteiger partial charge in [-0.05, 0) is 59.0 Å². The second kappa shape index (κ2) is 4.64. The zero-order valence-electron chi connectivity index (χ0n) is 9.57. The van der Waals surface area contributed by atoms with E-state index < -0.39 is 5.82 Å². The molecule has 6 heteroatoms. The van der Waals surface area contributed by atoms with Gasteiger partial charge in [0.25, 0.3) is 0 Å². The quantitative estimate of drug-likeness (QED) is 0.641. The first-order valence-electron chi connectivity index (χ1n) is 5.45. The van der Waals surface area contributed by atoms with Gasteiger partial charge < -0.3 is 5.73 Å². The van der Waals surface area contributed by atoms with Crippen molar-refractivity contribution in [3.63, 3.8) is 0 Å². The van der Waals surface area contributed by atoms with Gasteiger partial charge in [0.2, 0.25) is 5.95 Å². The maximum atomic E-state index is 13.6. The zero-order valence-corrected chi connectivity index (χ0v) is 12.5. The lowest BCUT2D eigenvalue weighted by molar-refractivity contribution is 0.627. The lowest BCUT2D eigenvalue weighted by atomic mass is 10.2. The van der Waals surface area contributed by atoms with Crippen molar-refractivity contribution >= 4 is 51.2 Å². The minimum Gasteiger partial charge on any atom is -0.369 e. The molecule has 96 valence electrons. The average Bonchev–Trinajstić information content (AvgIpc) is 2.68. The Labute approximate surface area is 127 Å². The van der Waals surface area contributed by atoms with Crippen molar-refractivity contribution < 1.29 is 4.39 Å². The van der Waals surface area contributed by atoms with Crippen LogP contribution in [0, 0.1) is 9.39 Å². The molecule has 0 spiro atoms.